The van der Waals surface area contributed by atoms with E-state index in [9.17, 15) is 5.11 Å². The van der Waals surface area contributed by atoms with E-state index in [-0.39, 0.29) is 11.6 Å². The van der Waals surface area contributed by atoms with Gasteiger partial charge in [0.15, 0.2) is 0 Å². The number of rotatable bonds is 3. The van der Waals surface area contributed by atoms with Crippen molar-refractivity contribution in [3.8, 4) is 5.75 Å². The van der Waals surface area contributed by atoms with Crippen LogP contribution in [-0.2, 0) is 4.74 Å². The minimum absolute atomic E-state index is 0.0333. The zero-order valence-corrected chi connectivity index (χ0v) is 11.4. The van der Waals surface area contributed by atoms with Gasteiger partial charge in [0.2, 0.25) is 0 Å². The average molecular weight is 249 g/mol. The quantitative estimate of drug-likeness (QED) is 0.865. The van der Waals surface area contributed by atoms with Gasteiger partial charge < -0.3 is 15.2 Å². The van der Waals surface area contributed by atoms with Gasteiger partial charge in [0, 0.05) is 18.7 Å². The minimum atomic E-state index is -0.0333. The van der Waals surface area contributed by atoms with Crippen molar-refractivity contribution in [3.63, 3.8) is 0 Å². The van der Waals surface area contributed by atoms with Crippen LogP contribution in [0.15, 0.2) is 24.3 Å². The van der Waals surface area contributed by atoms with Gasteiger partial charge >= 0.3 is 0 Å². The lowest BCUT2D eigenvalue weighted by atomic mass is 9.93. The fourth-order valence-electron chi connectivity index (χ4n) is 2.62. The molecule has 1 heterocycles. The van der Waals surface area contributed by atoms with Gasteiger partial charge in [-0.1, -0.05) is 12.1 Å². The van der Waals surface area contributed by atoms with Crippen LogP contribution in [0.3, 0.4) is 0 Å². The van der Waals surface area contributed by atoms with E-state index < -0.39 is 0 Å². The Hall–Kier alpha value is -1.06. The van der Waals surface area contributed by atoms with E-state index in [2.05, 4.69) is 26.1 Å². The molecule has 0 spiro atoms. The molecule has 1 fully saturated rings. The first-order valence-corrected chi connectivity index (χ1v) is 6.65. The molecule has 0 amide bonds. The Balaban J connectivity index is 1.97. The van der Waals surface area contributed by atoms with Gasteiger partial charge in [0.05, 0.1) is 5.60 Å². The molecule has 0 aliphatic carbocycles. The smallest absolute Gasteiger partial charge is 0.115 e. The molecule has 1 aromatic carbocycles. The highest BCUT2D eigenvalue weighted by Gasteiger charge is 2.29. The number of hydrogen-bond acceptors (Lipinski definition) is 3. The third kappa shape index (κ3) is 3.47. The molecule has 3 heteroatoms. The van der Waals surface area contributed by atoms with Crippen LogP contribution in [0.25, 0.3) is 0 Å². The second-order valence-corrected chi connectivity index (χ2v) is 5.78. The van der Waals surface area contributed by atoms with E-state index in [1.54, 1.807) is 6.07 Å². The number of hydrogen-bond donors (Lipinski definition) is 2. The second kappa shape index (κ2) is 5.29. The Kier molecular flexibility index (Phi) is 3.93. The molecule has 1 aliphatic rings. The summed E-state index contributed by atoms with van der Waals surface area (Å²) in [6, 6.07) is 8.18. The lowest BCUT2D eigenvalue weighted by Crippen LogP contribution is -2.44. The Morgan fingerprint density at radius 2 is 2.22 bits per heavy atom. The summed E-state index contributed by atoms with van der Waals surface area (Å²) in [5.41, 5.74) is 1.09. The zero-order valence-electron chi connectivity index (χ0n) is 11.4. The van der Waals surface area contributed by atoms with E-state index in [4.69, 9.17) is 4.74 Å². The SMILES string of the molecule is CC(NC1CCOC(C)(C)C1)c1cccc(O)c1. The van der Waals surface area contributed by atoms with Gasteiger partial charge in [0.1, 0.15) is 5.75 Å². The lowest BCUT2D eigenvalue weighted by Gasteiger charge is -2.37. The van der Waals surface area contributed by atoms with Gasteiger partial charge in [-0.25, -0.2) is 0 Å². The molecule has 0 bridgehead atoms. The van der Waals surface area contributed by atoms with Crippen LogP contribution < -0.4 is 5.32 Å². The molecule has 0 aromatic heterocycles. The molecule has 1 aromatic rings. The molecule has 18 heavy (non-hydrogen) atoms. The van der Waals surface area contributed by atoms with E-state index in [1.165, 1.54) is 0 Å². The topological polar surface area (TPSA) is 41.5 Å². The fourth-order valence-corrected chi connectivity index (χ4v) is 2.62. The molecule has 1 saturated heterocycles. The summed E-state index contributed by atoms with van der Waals surface area (Å²) in [5.74, 6) is 0.327. The number of phenolic OH excluding ortho intramolecular Hbond substituents is 1. The van der Waals surface area contributed by atoms with Crippen LogP contribution in [-0.4, -0.2) is 23.4 Å². The van der Waals surface area contributed by atoms with Gasteiger partial charge in [-0.2, -0.15) is 0 Å². The summed E-state index contributed by atoms with van der Waals surface area (Å²) in [6.07, 6.45) is 2.07. The van der Waals surface area contributed by atoms with Crippen molar-refractivity contribution in [2.24, 2.45) is 0 Å². The number of ether oxygens (including phenoxy) is 1. The highest BCUT2D eigenvalue weighted by molar-refractivity contribution is 5.29. The first-order valence-electron chi connectivity index (χ1n) is 6.65. The molecular formula is C15H23NO2. The van der Waals surface area contributed by atoms with E-state index in [1.807, 2.05) is 18.2 Å². The molecule has 1 aliphatic heterocycles. The summed E-state index contributed by atoms with van der Waals surface area (Å²) in [6.45, 7) is 7.23. The van der Waals surface area contributed by atoms with Crippen LogP contribution in [0.2, 0.25) is 0 Å². The Labute approximate surface area is 109 Å². The molecule has 2 N–H and O–H groups in total. The van der Waals surface area contributed by atoms with E-state index in [0.717, 1.165) is 25.0 Å². The fraction of sp³-hybridized carbons (Fsp3) is 0.600. The predicted octanol–water partition coefficient (Wildman–Crippen LogP) is 3.00. The summed E-state index contributed by atoms with van der Waals surface area (Å²) < 4.78 is 5.72. The van der Waals surface area contributed by atoms with Crippen molar-refractivity contribution < 1.29 is 9.84 Å². The van der Waals surface area contributed by atoms with E-state index >= 15 is 0 Å². The van der Waals surface area contributed by atoms with Gasteiger partial charge in [-0.3, -0.25) is 0 Å². The molecule has 0 saturated carbocycles. The molecule has 3 nitrogen and oxygen atoms in total. The molecular weight excluding hydrogens is 226 g/mol. The van der Waals surface area contributed by atoms with E-state index in [0.29, 0.717) is 11.8 Å². The van der Waals surface area contributed by atoms with Gasteiger partial charge in [-0.15, -0.1) is 0 Å². The maximum Gasteiger partial charge on any atom is 0.115 e. The van der Waals surface area contributed by atoms with Crippen LogP contribution in [0.5, 0.6) is 5.75 Å². The highest BCUT2D eigenvalue weighted by Crippen LogP contribution is 2.26. The number of nitrogens with one attached hydrogen (secondary N) is 1. The van der Waals surface area contributed by atoms with Crippen LogP contribution in [0.1, 0.15) is 45.2 Å². The molecule has 2 atom stereocenters. The monoisotopic (exact) mass is 249 g/mol. The first-order chi connectivity index (χ1) is 8.46. The zero-order chi connectivity index (χ0) is 13.2. The number of benzene rings is 1. The molecule has 2 rings (SSSR count). The summed E-state index contributed by atoms with van der Waals surface area (Å²) in [5, 5.41) is 13.1. The van der Waals surface area contributed by atoms with Gasteiger partial charge in [0.25, 0.3) is 0 Å². The predicted molar refractivity (Wildman–Crippen MR) is 72.7 cm³/mol. The van der Waals surface area contributed by atoms with Crippen LogP contribution in [0, 0.1) is 0 Å². The molecule has 2 unspecified atom stereocenters. The third-order valence-corrected chi connectivity index (χ3v) is 3.55. The van der Waals surface area contributed by atoms with Crippen molar-refractivity contribution >= 4 is 0 Å². The largest absolute Gasteiger partial charge is 0.508 e. The summed E-state index contributed by atoms with van der Waals surface area (Å²) in [7, 11) is 0. The average Bonchev–Trinajstić information content (AvgIpc) is 2.27. The molecule has 0 radical (unpaired) electrons. The van der Waals surface area contributed by atoms with Crippen molar-refractivity contribution in [1.29, 1.82) is 0 Å². The van der Waals surface area contributed by atoms with Crippen molar-refractivity contribution in [1.82, 2.24) is 5.32 Å². The normalized spacial score (nSPS) is 24.7. The summed E-state index contributed by atoms with van der Waals surface area (Å²) in [4.78, 5) is 0. The Morgan fingerprint density at radius 3 is 2.89 bits per heavy atom. The maximum absolute atomic E-state index is 9.50. The molecule has 100 valence electrons. The Bertz CT molecular complexity index is 403. The first kappa shape index (κ1) is 13.4. The second-order valence-electron chi connectivity index (χ2n) is 5.78. The Morgan fingerprint density at radius 1 is 1.44 bits per heavy atom. The highest BCUT2D eigenvalue weighted by atomic mass is 16.5. The maximum atomic E-state index is 9.50. The van der Waals surface area contributed by atoms with Crippen LogP contribution >= 0.6 is 0 Å². The number of phenols is 1. The van der Waals surface area contributed by atoms with Crippen LogP contribution in [0.4, 0.5) is 0 Å². The third-order valence-electron chi connectivity index (χ3n) is 3.55. The van der Waals surface area contributed by atoms with Crippen molar-refractivity contribution in [2.75, 3.05) is 6.61 Å². The standard InChI is InChI=1S/C15H23NO2/c1-11(12-5-4-6-14(17)9-12)16-13-7-8-18-15(2,3)10-13/h4-6,9,11,13,16-17H,7-8,10H2,1-3H3. The van der Waals surface area contributed by atoms with Crippen molar-refractivity contribution in [2.45, 2.75) is 51.3 Å². The summed E-state index contributed by atoms with van der Waals surface area (Å²) >= 11 is 0. The lowest BCUT2D eigenvalue weighted by molar-refractivity contribution is -0.0640. The minimum Gasteiger partial charge on any atom is -0.508 e. The van der Waals surface area contributed by atoms with Crippen molar-refractivity contribution in [3.05, 3.63) is 29.8 Å². The van der Waals surface area contributed by atoms with Gasteiger partial charge in [-0.05, 0) is 51.3 Å². The number of aromatic hydroxyl groups is 1.